The molecule has 0 unspecified atom stereocenters. The van der Waals surface area contributed by atoms with Gasteiger partial charge in [0.2, 0.25) is 11.8 Å². The number of tetrazole rings is 1. The first-order chi connectivity index (χ1) is 12.1. The summed E-state index contributed by atoms with van der Waals surface area (Å²) in [6, 6.07) is 7.19. The van der Waals surface area contributed by atoms with Crippen LogP contribution in [0.15, 0.2) is 30.6 Å². The van der Waals surface area contributed by atoms with Gasteiger partial charge in [0.05, 0.1) is 0 Å². The second kappa shape index (κ2) is 7.87. The van der Waals surface area contributed by atoms with Crippen molar-refractivity contribution in [2.45, 2.75) is 39.2 Å². The van der Waals surface area contributed by atoms with Crippen LogP contribution in [0.2, 0.25) is 0 Å². The molecule has 132 valence electrons. The molecule has 25 heavy (non-hydrogen) atoms. The Morgan fingerprint density at radius 3 is 2.52 bits per heavy atom. The average molecular weight is 342 g/mol. The predicted octanol–water partition coefficient (Wildman–Crippen LogP) is 2.08. The summed E-state index contributed by atoms with van der Waals surface area (Å²) in [6.45, 7) is 2.26. The molecule has 8 heteroatoms. The lowest BCUT2D eigenvalue weighted by Crippen LogP contribution is -2.28. The fourth-order valence-corrected chi connectivity index (χ4v) is 3.26. The summed E-state index contributed by atoms with van der Waals surface area (Å²) >= 11 is 0. The second-order valence-corrected chi connectivity index (χ2v) is 6.50. The zero-order chi connectivity index (χ0) is 17.6. The van der Waals surface area contributed by atoms with Gasteiger partial charge in [0.25, 0.3) is 0 Å². The van der Waals surface area contributed by atoms with Gasteiger partial charge in [-0.05, 0) is 60.2 Å². The minimum absolute atomic E-state index is 0.0227. The van der Waals surface area contributed by atoms with Gasteiger partial charge in [0.15, 0.2) is 0 Å². The third kappa shape index (κ3) is 4.85. The minimum atomic E-state index is -0.135. The van der Waals surface area contributed by atoms with E-state index in [2.05, 4.69) is 26.2 Å². The third-order valence-electron chi connectivity index (χ3n) is 4.50. The van der Waals surface area contributed by atoms with E-state index in [-0.39, 0.29) is 17.7 Å². The van der Waals surface area contributed by atoms with E-state index < -0.39 is 0 Å². The van der Waals surface area contributed by atoms with Crippen LogP contribution in [0.1, 0.15) is 32.6 Å². The fraction of sp³-hybridized carbons (Fsp3) is 0.471. The van der Waals surface area contributed by atoms with E-state index in [1.165, 1.54) is 6.92 Å². The Labute approximate surface area is 146 Å². The molecule has 0 radical (unpaired) electrons. The lowest BCUT2D eigenvalue weighted by Gasteiger charge is -2.27. The van der Waals surface area contributed by atoms with E-state index in [1.807, 2.05) is 12.1 Å². The normalized spacial score (nSPS) is 20.0. The topological polar surface area (TPSA) is 102 Å². The third-order valence-corrected chi connectivity index (χ3v) is 4.50. The van der Waals surface area contributed by atoms with E-state index in [1.54, 1.807) is 23.1 Å². The van der Waals surface area contributed by atoms with Gasteiger partial charge >= 0.3 is 0 Å². The monoisotopic (exact) mass is 342 g/mol. The van der Waals surface area contributed by atoms with Gasteiger partial charge in [-0.1, -0.05) is 6.07 Å². The highest BCUT2D eigenvalue weighted by atomic mass is 16.2. The lowest BCUT2D eigenvalue weighted by atomic mass is 9.81. The SMILES string of the molecule is CC(=O)Nc1cccc(NC(=O)C2CCC(Cn3cnnn3)CC2)c1. The molecular formula is C17H22N6O2. The summed E-state index contributed by atoms with van der Waals surface area (Å²) in [6.07, 6.45) is 5.34. The van der Waals surface area contributed by atoms with Gasteiger partial charge in [-0.3, -0.25) is 9.59 Å². The van der Waals surface area contributed by atoms with Crippen LogP contribution in [0.3, 0.4) is 0 Å². The number of carbonyl (C=O) groups excluding carboxylic acids is 2. The molecule has 1 heterocycles. The summed E-state index contributed by atoms with van der Waals surface area (Å²) in [5, 5.41) is 16.9. The van der Waals surface area contributed by atoms with E-state index in [0.717, 1.165) is 32.2 Å². The van der Waals surface area contributed by atoms with Crippen LogP contribution in [0, 0.1) is 11.8 Å². The number of carbonyl (C=O) groups is 2. The summed E-state index contributed by atoms with van der Waals surface area (Å²) in [4.78, 5) is 23.6. The standard InChI is InChI=1S/C17H22N6O2/c1-12(24)19-15-3-2-4-16(9-15)20-17(25)14-7-5-13(6-8-14)10-23-11-18-21-22-23/h2-4,9,11,13-14H,5-8,10H2,1H3,(H,19,24)(H,20,25). The molecule has 1 aromatic carbocycles. The summed E-state index contributed by atoms with van der Waals surface area (Å²) in [5.74, 6) is 0.440. The smallest absolute Gasteiger partial charge is 0.227 e. The number of rotatable bonds is 5. The Morgan fingerprint density at radius 2 is 1.88 bits per heavy atom. The maximum atomic E-state index is 12.5. The maximum Gasteiger partial charge on any atom is 0.227 e. The van der Waals surface area contributed by atoms with Crippen LogP contribution < -0.4 is 10.6 Å². The molecule has 2 aromatic rings. The average Bonchev–Trinajstić information content (AvgIpc) is 3.08. The molecule has 1 aliphatic rings. The van der Waals surface area contributed by atoms with E-state index in [0.29, 0.717) is 17.3 Å². The highest BCUT2D eigenvalue weighted by Gasteiger charge is 2.26. The number of anilines is 2. The molecule has 0 spiro atoms. The molecule has 0 bridgehead atoms. The van der Waals surface area contributed by atoms with Crippen molar-refractivity contribution in [3.05, 3.63) is 30.6 Å². The number of hydrogen-bond donors (Lipinski definition) is 2. The van der Waals surface area contributed by atoms with Crippen molar-refractivity contribution < 1.29 is 9.59 Å². The summed E-state index contributed by atoms with van der Waals surface area (Å²) in [5.41, 5.74) is 1.38. The van der Waals surface area contributed by atoms with Gasteiger partial charge in [0, 0.05) is 30.8 Å². The molecular weight excluding hydrogens is 320 g/mol. The van der Waals surface area contributed by atoms with Crippen molar-refractivity contribution in [1.29, 1.82) is 0 Å². The Hall–Kier alpha value is -2.77. The minimum Gasteiger partial charge on any atom is -0.326 e. The van der Waals surface area contributed by atoms with Crippen LogP contribution in [-0.4, -0.2) is 32.0 Å². The zero-order valence-corrected chi connectivity index (χ0v) is 14.2. The Balaban J connectivity index is 1.50. The number of amides is 2. The molecule has 1 aliphatic carbocycles. The van der Waals surface area contributed by atoms with Crippen LogP contribution in [0.4, 0.5) is 11.4 Å². The van der Waals surface area contributed by atoms with E-state index in [4.69, 9.17) is 0 Å². The van der Waals surface area contributed by atoms with Crippen molar-refractivity contribution in [1.82, 2.24) is 20.2 Å². The molecule has 1 fully saturated rings. The van der Waals surface area contributed by atoms with Crippen LogP contribution in [0.25, 0.3) is 0 Å². The lowest BCUT2D eigenvalue weighted by molar-refractivity contribution is -0.121. The van der Waals surface area contributed by atoms with E-state index >= 15 is 0 Å². The molecule has 1 saturated carbocycles. The molecule has 1 aromatic heterocycles. The first-order valence-corrected chi connectivity index (χ1v) is 8.49. The molecule has 8 nitrogen and oxygen atoms in total. The number of aromatic nitrogens is 4. The highest BCUT2D eigenvalue weighted by molar-refractivity contribution is 5.94. The van der Waals surface area contributed by atoms with Crippen LogP contribution >= 0.6 is 0 Å². The molecule has 3 rings (SSSR count). The number of nitrogens with one attached hydrogen (secondary N) is 2. The first-order valence-electron chi connectivity index (χ1n) is 8.49. The number of hydrogen-bond acceptors (Lipinski definition) is 5. The van der Waals surface area contributed by atoms with Crippen LogP contribution in [0.5, 0.6) is 0 Å². The highest BCUT2D eigenvalue weighted by Crippen LogP contribution is 2.30. The molecule has 0 atom stereocenters. The van der Waals surface area contributed by atoms with Gasteiger partial charge in [-0.25, -0.2) is 4.68 Å². The van der Waals surface area contributed by atoms with Crippen molar-refractivity contribution in [2.24, 2.45) is 11.8 Å². The largest absolute Gasteiger partial charge is 0.326 e. The Bertz CT molecular complexity index is 722. The number of nitrogens with zero attached hydrogens (tertiary/aromatic N) is 4. The van der Waals surface area contributed by atoms with Gasteiger partial charge in [0.1, 0.15) is 6.33 Å². The quantitative estimate of drug-likeness (QED) is 0.866. The Kier molecular flexibility index (Phi) is 5.37. The summed E-state index contributed by atoms with van der Waals surface area (Å²) < 4.78 is 1.75. The van der Waals surface area contributed by atoms with E-state index in [9.17, 15) is 9.59 Å². The fourth-order valence-electron chi connectivity index (χ4n) is 3.26. The van der Waals surface area contributed by atoms with Gasteiger partial charge in [-0.15, -0.1) is 5.10 Å². The van der Waals surface area contributed by atoms with Crippen molar-refractivity contribution in [2.75, 3.05) is 10.6 Å². The van der Waals surface area contributed by atoms with Gasteiger partial charge in [-0.2, -0.15) is 0 Å². The predicted molar refractivity (Wildman–Crippen MR) is 92.6 cm³/mol. The maximum absolute atomic E-state index is 12.5. The molecule has 0 aliphatic heterocycles. The molecule has 2 N–H and O–H groups in total. The Morgan fingerprint density at radius 1 is 1.16 bits per heavy atom. The van der Waals surface area contributed by atoms with Crippen LogP contribution in [-0.2, 0) is 16.1 Å². The second-order valence-electron chi connectivity index (χ2n) is 6.50. The van der Waals surface area contributed by atoms with Crippen molar-refractivity contribution in [3.63, 3.8) is 0 Å². The van der Waals surface area contributed by atoms with Crippen molar-refractivity contribution >= 4 is 23.2 Å². The summed E-state index contributed by atoms with van der Waals surface area (Å²) in [7, 11) is 0. The number of benzene rings is 1. The molecule has 2 amide bonds. The zero-order valence-electron chi connectivity index (χ0n) is 14.2. The van der Waals surface area contributed by atoms with Crippen molar-refractivity contribution in [3.8, 4) is 0 Å². The first kappa shape index (κ1) is 17.1. The van der Waals surface area contributed by atoms with Gasteiger partial charge < -0.3 is 10.6 Å². The molecule has 0 saturated heterocycles.